The molecule has 194 valence electrons. The molecule has 1 fully saturated rings. The number of carbonyl (C=O) groups excluding carboxylic acids is 2. The van der Waals surface area contributed by atoms with Gasteiger partial charge in [-0.3, -0.25) is 9.59 Å². The molecule has 0 aliphatic carbocycles. The molecule has 0 unspecified atom stereocenters. The monoisotopic (exact) mass is 495 g/mol. The fourth-order valence-electron chi connectivity index (χ4n) is 5.18. The summed E-state index contributed by atoms with van der Waals surface area (Å²) in [6.45, 7) is 10.0. The van der Waals surface area contributed by atoms with Crippen LogP contribution in [0.3, 0.4) is 0 Å². The van der Waals surface area contributed by atoms with Gasteiger partial charge in [0.2, 0.25) is 5.91 Å². The highest BCUT2D eigenvalue weighted by Crippen LogP contribution is 2.38. The number of fused-ring (bicyclic) bond motifs is 1. The van der Waals surface area contributed by atoms with Crippen molar-refractivity contribution in [3.63, 3.8) is 0 Å². The fourth-order valence-corrected chi connectivity index (χ4v) is 5.18. The van der Waals surface area contributed by atoms with Gasteiger partial charge in [0.05, 0.1) is 6.04 Å². The molecule has 2 aliphatic heterocycles. The maximum absolute atomic E-state index is 14.2. The molecular weight excluding hydrogens is 457 g/mol. The first-order chi connectivity index (χ1) is 17.3. The molecule has 2 aliphatic rings. The summed E-state index contributed by atoms with van der Waals surface area (Å²) in [5.41, 5.74) is 2.76. The molecule has 0 spiro atoms. The molecule has 2 aromatic carbocycles. The van der Waals surface area contributed by atoms with Gasteiger partial charge < -0.3 is 19.9 Å². The van der Waals surface area contributed by atoms with E-state index < -0.39 is 12.1 Å². The average molecular weight is 496 g/mol. The Bertz CT molecular complexity index is 1070. The third kappa shape index (κ3) is 6.44. The lowest BCUT2D eigenvalue weighted by molar-refractivity contribution is -0.134. The van der Waals surface area contributed by atoms with Crippen LogP contribution in [0.2, 0.25) is 0 Å². The summed E-state index contributed by atoms with van der Waals surface area (Å²) < 4.78 is 20.2. The van der Waals surface area contributed by atoms with Crippen LogP contribution in [-0.4, -0.2) is 60.4 Å². The van der Waals surface area contributed by atoms with E-state index in [0.717, 1.165) is 42.7 Å². The van der Waals surface area contributed by atoms with Crippen LogP contribution in [0.25, 0.3) is 0 Å². The smallest absolute Gasteiger partial charge is 0.260 e. The molecule has 0 bridgehead atoms. The van der Waals surface area contributed by atoms with Crippen LogP contribution >= 0.6 is 0 Å². The van der Waals surface area contributed by atoms with E-state index in [1.54, 1.807) is 13.0 Å². The van der Waals surface area contributed by atoms with Crippen LogP contribution in [0.4, 0.5) is 4.39 Å². The summed E-state index contributed by atoms with van der Waals surface area (Å²) in [6.07, 6.45) is 2.95. The van der Waals surface area contributed by atoms with Crippen molar-refractivity contribution in [2.45, 2.75) is 58.6 Å². The summed E-state index contributed by atoms with van der Waals surface area (Å²) in [4.78, 5) is 30.0. The minimum atomic E-state index is -0.656. The Kier molecular flexibility index (Phi) is 8.62. The van der Waals surface area contributed by atoms with Crippen LogP contribution < -0.4 is 10.1 Å². The van der Waals surface area contributed by atoms with Gasteiger partial charge >= 0.3 is 0 Å². The molecule has 7 heteroatoms. The third-order valence-electron chi connectivity index (χ3n) is 7.02. The molecular formula is C29H38FN3O3. The Morgan fingerprint density at radius 1 is 1.08 bits per heavy atom. The van der Waals surface area contributed by atoms with Gasteiger partial charge in [-0.1, -0.05) is 32.0 Å². The Hall–Kier alpha value is -2.93. The molecule has 0 aromatic heterocycles. The fraction of sp³-hybridized carbons (Fsp3) is 0.517. The number of hydrogen-bond acceptors (Lipinski definition) is 4. The second-order valence-electron chi connectivity index (χ2n) is 10.4. The van der Waals surface area contributed by atoms with Gasteiger partial charge in [-0.15, -0.1) is 0 Å². The average Bonchev–Trinajstić information content (AvgIpc) is 3.36. The van der Waals surface area contributed by atoms with E-state index in [0.29, 0.717) is 25.3 Å². The number of nitrogens with one attached hydrogen (secondary N) is 1. The normalized spacial score (nSPS) is 18.7. The minimum Gasteiger partial charge on any atom is -0.481 e. The second kappa shape index (κ2) is 11.9. The third-order valence-corrected chi connectivity index (χ3v) is 7.02. The first kappa shape index (κ1) is 26.1. The van der Waals surface area contributed by atoms with Gasteiger partial charge in [0.15, 0.2) is 6.10 Å². The van der Waals surface area contributed by atoms with Crippen molar-refractivity contribution < 1.29 is 18.7 Å². The molecule has 1 N–H and O–H groups in total. The van der Waals surface area contributed by atoms with E-state index in [-0.39, 0.29) is 23.5 Å². The summed E-state index contributed by atoms with van der Waals surface area (Å²) >= 11 is 0. The quantitative estimate of drug-likeness (QED) is 0.563. The largest absolute Gasteiger partial charge is 0.481 e. The second-order valence-corrected chi connectivity index (χ2v) is 10.4. The first-order valence-electron chi connectivity index (χ1n) is 13.2. The highest BCUT2D eigenvalue weighted by Gasteiger charge is 2.33. The topological polar surface area (TPSA) is 61.9 Å². The van der Waals surface area contributed by atoms with Crippen molar-refractivity contribution in [3.8, 4) is 5.75 Å². The van der Waals surface area contributed by atoms with Crippen LogP contribution in [0.5, 0.6) is 5.75 Å². The van der Waals surface area contributed by atoms with E-state index in [4.69, 9.17) is 4.74 Å². The highest BCUT2D eigenvalue weighted by atomic mass is 19.1. The van der Waals surface area contributed by atoms with Crippen LogP contribution in [0.1, 0.15) is 62.8 Å². The number of carbonyl (C=O) groups is 2. The molecule has 36 heavy (non-hydrogen) atoms. The summed E-state index contributed by atoms with van der Waals surface area (Å²) in [5.74, 6) is 0.369. The number of ether oxygens (including phenoxy) is 1. The van der Waals surface area contributed by atoms with Gasteiger partial charge in [0.25, 0.3) is 5.91 Å². The molecule has 2 heterocycles. The lowest BCUT2D eigenvalue weighted by Crippen LogP contribution is -2.41. The van der Waals surface area contributed by atoms with E-state index in [1.807, 2.05) is 43.0 Å². The number of hydrogen-bond donors (Lipinski definition) is 1. The number of halogens is 1. The summed E-state index contributed by atoms with van der Waals surface area (Å²) in [5, 5.41) is 2.97. The number of nitrogens with zero attached hydrogens (tertiary/aromatic N) is 2. The van der Waals surface area contributed by atoms with Crippen molar-refractivity contribution in [1.82, 2.24) is 15.1 Å². The van der Waals surface area contributed by atoms with Gasteiger partial charge in [-0.05, 0) is 86.1 Å². The zero-order valence-electron chi connectivity index (χ0n) is 21.6. The molecule has 2 amide bonds. The zero-order valence-corrected chi connectivity index (χ0v) is 21.6. The van der Waals surface area contributed by atoms with Crippen molar-refractivity contribution in [2.24, 2.45) is 5.92 Å². The minimum absolute atomic E-state index is 0.0574. The van der Waals surface area contributed by atoms with E-state index in [2.05, 4.69) is 10.2 Å². The zero-order chi connectivity index (χ0) is 25.7. The van der Waals surface area contributed by atoms with E-state index in [9.17, 15) is 14.0 Å². The van der Waals surface area contributed by atoms with Crippen LogP contribution in [0, 0.1) is 11.7 Å². The van der Waals surface area contributed by atoms with Crippen molar-refractivity contribution >= 4 is 11.8 Å². The maximum Gasteiger partial charge on any atom is 0.260 e. The van der Waals surface area contributed by atoms with Gasteiger partial charge in [-0.25, -0.2) is 4.39 Å². The summed E-state index contributed by atoms with van der Waals surface area (Å²) in [6, 6.07) is 11.8. The van der Waals surface area contributed by atoms with E-state index in [1.165, 1.54) is 25.0 Å². The Labute approximate surface area is 213 Å². The lowest BCUT2D eigenvalue weighted by atomic mass is 9.87. The van der Waals surface area contributed by atoms with Crippen LogP contribution in [0.15, 0.2) is 42.5 Å². The Balaban J connectivity index is 1.51. The number of likely N-dealkylation sites (tertiary alicyclic amines) is 1. The SMILES string of the molecule is CC(C)CC(=O)N1CCc2ccc(O[C@@H](C)C(=O)NCCN3CCCC3)cc2[C@H]1c1cccc(F)c1. The first-order valence-corrected chi connectivity index (χ1v) is 13.2. The molecule has 2 atom stereocenters. The van der Waals surface area contributed by atoms with Gasteiger partial charge in [0, 0.05) is 26.1 Å². The molecule has 0 radical (unpaired) electrons. The van der Waals surface area contributed by atoms with Gasteiger partial charge in [0.1, 0.15) is 11.6 Å². The highest BCUT2D eigenvalue weighted by molar-refractivity contribution is 5.80. The Morgan fingerprint density at radius 3 is 2.58 bits per heavy atom. The predicted octanol–water partition coefficient (Wildman–Crippen LogP) is 4.33. The van der Waals surface area contributed by atoms with Crippen molar-refractivity contribution in [1.29, 1.82) is 0 Å². The lowest BCUT2D eigenvalue weighted by Gasteiger charge is -2.38. The van der Waals surface area contributed by atoms with Crippen LogP contribution in [-0.2, 0) is 16.0 Å². The standard InChI is InChI=1S/C29H38FN3O3/c1-20(2)17-27(34)33-15-11-22-9-10-25(19-26(22)28(33)23-7-6-8-24(30)18-23)36-21(3)29(35)31-12-16-32-13-4-5-14-32/h6-10,18-21,28H,4-5,11-17H2,1-3H3,(H,31,35)/t21-,28+/m0/s1. The van der Waals surface area contributed by atoms with Gasteiger partial charge in [-0.2, -0.15) is 0 Å². The molecule has 2 aromatic rings. The number of rotatable bonds is 9. The predicted molar refractivity (Wildman–Crippen MR) is 138 cm³/mol. The molecule has 1 saturated heterocycles. The number of amides is 2. The number of benzene rings is 2. The van der Waals surface area contributed by atoms with Crippen molar-refractivity contribution in [3.05, 3.63) is 65.0 Å². The van der Waals surface area contributed by atoms with E-state index >= 15 is 0 Å². The maximum atomic E-state index is 14.2. The molecule has 0 saturated carbocycles. The Morgan fingerprint density at radius 2 is 1.86 bits per heavy atom. The molecule has 6 nitrogen and oxygen atoms in total. The molecule has 4 rings (SSSR count). The van der Waals surface area contributed by atoms with Crippen molar-refractivity contribution in [2.75, 3.05) is 32.7 Å². The summed E-state index contributed by atoms with van der Waals surface area (Å²) in [7, 11) is 0.